The van der Waals surface area contributed by atoms with Gasteiger partial charge in [-0.15, -0.1) is 0 Å². The molecule has 1 aromatic rings. The van der Waals surface area contributed by atoms with Crippen LogP contribution in [0, 0.1) is 13.7 Å². The molecule has 0 aliphatic carbocycles. The predicted octanol–water partition coefficient (Wildman–Crippen LogP) is 1.99. The summed E-state index contributed by atoms with van der Waals surface area (Å²) in [5.41, 5.74) is 4.20. The first-order chi connectivity index (χ1) is 6.99. The van der Waals surface area contributed by atoms with E-state index in [4.69, 9.17) is 5.73 Å². The highest BCUT2D eigenvalue weighted by Crippen LogP contribution is 2.32. The van der Waals surface area contributed by atoms with Crippen LogP contribution < -0.4 is 5.73 Å². The molecule has 0 saturated heterocycles. The molecule has 0 saturated carbocycles. The number of rotatable bonds is 3. The molecule has 0 aliphatic rings. The van der Waals surface area contributed by atoms with E-state index in [1.165, 1.54) is 0 Å². The van der Waals surface area contributed by atoms with E-state index in [0.29, 0.717) is 5.56 Å². The highest BCUT2D eigenvalue weighted by atomic mass is 127. The lowest BCUT2D eigenvalue weighted by atomic mass is 10.2. The molecule has 0 fully saturated rings. The third kappa shape index (κ3) is 2.37. The topological polar surface area (TPSA) is 82.0 Å². The first kappa shape index (κ1) is 12.2. The highest BCUT2D eigenvalue weighted by molar-refractivity contribution is 14.1. The minimum Gasteiger partial charge on any atom is -0.326 e. The summed E-state index contributed by atoms with van der Waals surface area (Å²) in [4.78, 5) is 13.1. The van der Waals surface area contributed by atoms with Crippen LogP contribution in [0.3, 0.4) is 0 Å². The normalized spacial score (nSPS) is 10.7. The van der Waals surface area contributed by atoms with Crippen molar-refractivity contribution in [3.8, 4) is 0 Å². The Morgan fingerprint density at radius 1 is 1.67 bits per heavy atom. The van der Waals surface area contributed by atoms with E-state index in [9.17, 15) is 18.9 Å². The molecule has 0 unspecified atom stereocenters. The molecule has 0 bridgehead atoms. The van der Waals surface area contributed by atoms with Gasteiger partial charge in [-0.1, -0.05) is 0 Å². The number of halogens is 3. The van der Waals surface area contributed by atoms with Crippen molar-refractivity contribution in [2.24, 2.45) is 5.73 Å². The summed E-state index contributed by atoms with van der Waals surface area (Å²) >= 11 is 1.62. The standard InChI is InChI=1S/C7H6F2IN3O2/c8-7(9)5-6(13(14)15)4(10)3(1-11)2-12-5/h2,7H,1,11H2. The van der Waals surface area contributed by atoms with Crippen LogP contribution in [0.4, 0.5) is 14.5 Å². The minimum atomic E-state index is -2.97. The Morgan fingerprint density at radius 3 is 2.67 bits per heavy atom. The molecular weight excluding hydrogens is 323 g/mol. The van der Waals surface area contributed by atoms with Gasteiger partial charge in [-0.3, -0.25) is 10.1 Å². The Morgan fingerprint density at radius 2 is 2.27 bits per heavy atom. The van der Waals surface area contributed by atoms with E-state index in [-0.39, 0.29) is 10.1 Å². The Kier molecular flexibility index (Phi) is 3.85. The van der Waals surface area contributed by atoms with Crippen molar-refractivity contribution in [3.05, 3.63) is 31.1 Å². The second-order valence-corrected chi connectivity index (χ2v) is 3.67. The fraction of sp³-hybridized carbons (Fsp3) is 0.286. The van der Waals surface area contributed by atoms with Crippen LogP contribution in [0.5, 0.6) is 0 Å². The highest BCUT2D eigenvalue weighted by Gasteiger charge is 2.28. The second-order valence-electron chi connectivity index (χ2n) is 2.59. The van der Waals surface area contributed by atoms with Crippen LogP contribution in [-0.2, 0) is 6.54 Å². The lowest BCUT2D eigenvalue weighted by molar-refractivity contribution is -0.387. The Labute approximate surface area is 97.0 Å². The third-order valence-corrected chi connectivity index (χ3v) is 2.90. The van der Waals surface area contributed by atoms with Gasteiger partial charge >= 0.3 is 5.69 Å². The summed E-state index contributed by atoms with van der Waals surface area (Å²) < 4.78 is 24.9. The van der Waals surface area contributed by atoms with E-state index in [1.807, 2.05) is 0 Å². The van der Waals surface area contributed by atoms with Gasteiger partial charge in [-0.05, 0) is 22.6 Å². The van der Waals surface area contributed by atoms with Gasteiger partial charge in [0.2, 0.25) is 0 Å². The molecule has 1 rings (SSSR count). The lowest BCUT2D eigenvalue weighted by Crippen LogP contribution is -2.07. The van der Waals surface area contributed by atoms with Crippen LogP contribution in [0.15, 0.2) is 6.20 Å². The summed E-state index contributed by atoms with van der Waals surface area (Å²) in [6.45, 7) is 0.0234. The number of alkyl halides is 2. The molecule has 0 aliphatic heterocycles. The number of hydrogen-bond donors (Lipinski definition) is 1. The number of hydrogen-bond acceptors (Lipinski definition) is 4. The summed E-state index contributed by atoms with van der Waals surface area (Å²) in [5, 5.41) is 10.6. The van der Waals surface area contributed by atoms with Crippen molar-refractivity contribution < 1.29 is 13.7 Å². The summed E-state index contributed by atoms with van der Waals surface area (Å²) in [5.74, 6) is 0. The van der Waals surface area contributed by atoms with Gasteiger partial charge in [0.15, 0.2) is 5.69 Å². The van der Waals surface area contributed by atoms with E-state index in [2.05, 4.69) is 4.98 Å². The average Bonchev–Trinajstić information content (AvgIpc) is 2.16. The van der Waals surface area contributed by atoms with Crippen molar-refractivity contribution in [1.82, 2.24) is 4.98 Å². The molecule has 2 N–H and O–H groups in total. The van der Waals surface area contributed by atoms with E-state index < -0.39 is 22.7 Å². The molecule has 15 heavy (non-hydrogen) atoms. The smallest absolute Gasteiger partial charge is 0.310 e. The van der Waals surface area contributed by atoms with Gasteiger partial charge in [0.05, 0.1) is 8.49 Å². The first-order valence-corrected chi connectivity index (χ1v) is 4.86. The predicted molar refractivity (Wildman–Crippen MR) is 56.5 cm³/mol. The lowest BCUT2D eigenvalue weighted by Gasteiger charge is -2.05. The van der Waals surface area contributed by atoms with Gasteiger partial charge in [-0.2, -0.15) is 0 Å². The zero-order valence-corrected chi connectivity index (χ0v) is 9.44. The number of nitrogens with zero attached hydrogens (tertiary/aromatic N) is 2. The van der Waals surface area contributed by atoms with Crippen molar-refractivity contribution >= 4 is 28.3 Å². The molecular formula is C7H6F2IN3O2. The van der Waals surface area contributed by atoms with Gasteiger partial charge in [0, 0.05) is 18.3 Å². The molecule has 82 valence electrons. The second kappa shape index (κ2) is 4.75. The zero-order chi connectivity index (χ0) is 11.6. The maximum absolute atomic E-state index is 12.4. The van der Waals surface area contributed by atoms with Gasteiger partial charge in [0.25, 0.3) is 6.43 Å². The van der Waals surface area contributed by atoms with Gasteiger partial charge < -0.3 is 5.73 Å². The molecule has 0 spiro atoms. The minimum absolute atomic E-state index is 0.0234. The summed E-state index contributed by atoms with van der Waals surface area (Å²) in [6, 6.07) is 0. The van der Waals surface area contributed by atoms with E-state index in [0.717, 1.165) is 6.20 Å². The molecule has 1 heterocycles. The maximum atomic E-state index is 12.4. The number of pyridine rings is 1. The quantitative estimate of drug-likeness (QED) is 0.522. The molecule has 0 amide bonds. The Balaban J connectivity index is 3.44. The van der Waals surface area contributed by atoms with Crippen molar-refractivity contribution in [2.45, 2.75) is 13.0 Å². The fourth-order valence-electron chi connectivity index (χ4n) is 1.01. The zero-order valence-electron chi connectivity index (χ0n) is 7.28. The van der Waals surface area contributed by atoms with Crippen LogP contribution in [-0.4, -0.2) is 9.91 Å². The average molecular weight is 329 g/mol. The molecule has 1 aromatic heterocycles. The van der Waals surface area contributed by atoms with E-state index in [1.54, 1.807) is 22.6 Å². The monoisotopic (exact) mass is 329 g/mol. The molecule has 0 atom stereocenters. The molecule has 5 nitrogen and oxygen atoms in total. The van der Waals surface area contributed by atoms with Gasteiger partial charge in [0.1, 0.15) is 0 Å². The van der Waals surface area contributed by atoms with Crippen LogP contribution in [0.25, 0.3) is 0 Å². The van der Waals surface area contributed by atoms with Crippen LogP contribution >= 0.6 is 22.6 Å². The van der Waals surface area contributed by atoms with Gasteiger partial charge in [-0.25, -0.2) is 13.8 Å². The molecule has 0 aromatic carbocycles. The molecule has 8 heteroatoms. The number of aromatic nitrogens is 1. The fourth-order valence-corrected chi connectivity index (χ4v) is 1.84. The van der Waals surface area contributed by atoms with E-state index >= 15 is 0 Å². The Hall–Kier alpha value is -0.900. The van der Waals surface area contributed by atoms with Crippen LogP contribution in [0.2, 0.25) is 0 Å². The Bertz CT molecular complexity index is 400. The maximum Gasteiger partial charge on any atom is 0.310 e. The van der Waals surface area contributed by atoms with Crippen molar-refractivity contribution in [3.63, 3.8) is 0 Å². The van der Waals surface area contributed by atoms with Crippen molar-refractivity contribution in [2.75, 3.05) is 0 Å². The van der Waals surface area contributed by atoms with Crippen molar-refractivity contribution in [1.29, 1.82) is 0 Å². The largest absolute Gasteiger partial charge is 0.326 e. The van der Waals surface area contributed by atoms with Crippen LogP contribution in [0.1, 0.15) is 17.7 Å². The molecule has 0 radical (unpaired) electrons. The summed E-state index contributed by atoms with van der Waals surface area (Å²) in [7, 11) is 0. The number of nitro groups is 1. The summed E-state index contributed by atoms with van der Waals surface area (Å²) in [6.07, 6.45) is -1.83. The first-order valence-electron chi connectivity index (χ1n) is 3.79. The SMILES string of the molecule is NCc1cnc(C(F)F)c([N+](=O)[O-])c1I. The number of nitrogens with two attached hydrogens (primary N) is 1. The third-order valence-electron chi connectivity index (χ3n) is 1.70.